The van der Waals surface area contributed by atoms with Crippen molar-refractivity contribution >= 4 is 15.7 Å². The fraction of sp³-hybridized carbons (Fsp3) is 0.333. The van der Waals surface area contributed by atoms with Gasteiger partial charge < -0.3 is 0 Å². The van der Waals surface area contributed by atoms with Gasteiger partial charge in [-0.05, 0) is 56.9 Å². The molecule has 0 bridgehead atoms. The Balaban J connectivity index is 2.16. The number of anilines is 1. The summed E-state index contributed by atoms with van der Waals surface area (Å²) in [5, 5.41) is 0. The summed E-state index contributed by atoms with van der Waals surface area (Å²) in [6, 6.07) is 13.3. The molecule has 1 atom stereocenters. The molecule has 2 aromatic carbocycles. The first kappa shape index (κ1) is 15.1. The molecule has 0 unspecified atom stereocenters. The maximum atomic E-state index is 13.2. The maximum absolute atomic E-state index is 13.2. The van der Waals surface area contributed by atoms with Crippen LogP contribution < -0.4 is 4.31 Å². The number of rotatable bonds is 2. The highest BCUT2D eigenvalue weighted by Crippen LogP contribution is 2.35. The summed E-state index contributed by atoms with van der Waals surface area (Å²) in [4.78, 5) is 0.404. The zero-order chi connectivity index (χ0) is 15.9. The van der Waals surface area contributed by atoms with Gasteiger partial charge in [0.2, 0.25) is 0 Å². The van der Waals surface area contributed by atoms with Crippen LogP contribution in [-0.4, -0.2) is 14.5 Å². The first-order valence-corrected chi connectivity index (χ1v) is 9.05. The van der Waals surface area contributed by atoms with E-state index in [0.717, 1.165) is 35.2 Å². The van der Waals surface area contributed by atoms with Gasteiger partial charge >= 0.3 is 0 Å². The molecule has 0 amide bonds. The van der Waals surface area contributed by atoms with E-state index in [2.05, 4.69) is 0 Å². The molecule has 0 radical (unpaired) electrons. The molecule has 1 aliphatic heterocycles. The van der Waals surface area contributed by atoms with Gasteiger partial charge in [0, 0.05) is 6.04 Å². The molecule has 0 aromatic heterocycles. The highest BCUT2D eigenvalue weighted by atomic mass is 32.2. The molecular weight excluding hydrogens is 294 g/mol. The van der Waals surface area contributed by atoms with Crippen LogP contribution in [-0.2, 0) is 16.4 Å². The van der Waals surface area contributed by atoms with Crippen LogP contribution in [0.3, 0.4) is 0 Å². The fourth-order valence-corrected chi connectivity index (χ4v) is 5.15. The smallest absolute Gasteiger partial charge is 0.263 e. The van der Waals surface area contributed by atoms with Crippen molar-refractivity contribution < 1.29 is 8.42 Å². The van der Waals surface area contributed by atoms with Gasteiger partial charge in [0.05, 0.1) is 10.6 Å². The van der Waals surface area contributed by atoms with Crippen LogP contribution in [0.15, 0.2) is 47.4 Å². The summed E-state index contributed by atoms with van der Waals surface area (Å²) >= 11 is 0. The summed E-state index contributed by atoms with van der Waals surface area (Å²) < 4.78 is 28.0. The lowest BCUT2D eigenvalue weighted by Gasteiger charge is -2.36. The average molecular weight is 315 g/mol. The van der Waals surface area contributed by atoms with E-state index in [-0.39, 0.29) is 6.04 Å². The highest BCUT2D eigenvalue weighted by molar-refractivity contribution is 7.93. The van der Waals surface area contributed by atoms with Crippen molar-refractivity contribution in [3.8, 4) is 0 Å². The molecule has 0 fully saturated rings. The zero-order valence-electron chi connectivity index (χ0n) is 13.2. The van der Waals surface area contributed by atoms with E-state index in [4.69, 9.17) is 0 Å². The lowest BCUT2D eigenvalue weighted by atomic mass is 9.99. The molecule has 1 aliphatic rings. The van der Waals surface area contributed by atoms with E-state index in [1.165, 1.54) is 0 Å². The molecule has 0 aliphatic carbocycles. The molecule has 22 heavy (non-hydrogen) atoms. The molecule has 1 heterocycles. The molecule has 4 heteroatoms. The van der Waals surface area contributed by atoms with Gasteiger partial charge in [-0.15, -0.1) is 0 Å². The summed E-state index contributed by atoms with van der Waals surface area (Å²) in [7, 11) is -3.54. The Labute approximate surface area is 132 Å². The number of hydrogen-bond donors (Lipinski definition) is 0. The largest absolute Gasteiger partial charge is 0.264 e. The molecular formula is C18H21NO2S. The topological polar surface area (TPSA) is 37.4 Å². The SMILES string of the molecule is Cc1ccc(S(=O)(=O)N2c3ccccc3CC[C@H]2C)c(C)c1. The van der Waals surface area contributed by atoms with Gasteiger partial charge in [0.15, 0.2) is 0 Å². The molecule has 3 nitrogen and oxygen atoms in total. The predicted molar refractivity (Wildman–Crippen MR) is 89.8 cm³/mol. The Kier molecular flexibility index (Phi) is 3.73. The van der Waals surface area contributed by atoms with Crippen molar-refractivity contribution in [2.45, 2.75) is 44.6 Å². The Morgan fingerprint density at radius 2 is 1.82 bits per heavy atom. The second-order valence-electron chi connectivity index (χ2n) is 6.09. The van der Waals surface area contributed by atoms with Gasteiger partial charge in [-0.25, -0.2) is 8.42 Å². The summed E-state index contributed by atoms with van der Waals surface area (Å²) in [5.74, 6) is 0. The third kappa shape index (κ3) is 2.41. The van der Waals surface area contributed by atoms with E-state index in [0.29, 0.717) is 4.90 Å². The number of sulfonamides is 1. The molecule has 116 valence electrons. The second kappa shape index (κ2) is 5.43. The minimum atomic E-state index is -3.54. The number of fused-ring (bicyclic) bond motifs is 1. The summed E-state index contributed by atoms with van der Waals surface area (Å²) in [5.41, 5.74) is 3.80. The number of benzene rings is 2. The van der Waals surface area contributed by atoms with E-state index in [1.807, 2.05) is 57.2 Å². The lowest BCUT2D eigenvalue weighted by molar-refractivity contribution is 0.562. The Bertz CT molecular complexity index is 812. The summed E-state index contributed by atoms with van der Waals surface area (Å²) in [6.45, 7) is 5.82. The van der Waals surface area contributed by atoms with Crippen LogP contribution in [0, 0.1) is 13.8 Å². The van der Waals surface area contributed by atoms with Crippen molar-refractivity contribution in [3.63, 3.8) is 0 Å². The Hall–Kier alpha value is -1.81. The molecule has 0 spiro atoms. The average Bonchev–Trinajstić information content (AvgIpc) is 2.46. The first-order chi connectivity index (χ1) is 10.4. The van der Waals surface area contributed by atoms with Crippen LogP contribution >= 0.6 is 0 Å². The van der Waals surface area contributed by atoms with Gasteiger partial charge in [-0.2, -0.15) is 0 Å². The standard InChI is InChI=1S/C18H21NO2S/c1-13-8-11-18(14(2)12-13)22(20,21)19-15(3)9-10-16-6-4-5-7-17(16)19/h4-8,11-12,15H,9-10H2,1-3H3/t15-/m1/s1. The Morgan fingerprint density at radius 1 is 1.09 bits per heavy atom. The molecule has 0 saturated carbocycles. The molecule has 0 N–H and O–H groups in total. The molecule has 3 rings (SSSR count). The van der Waals surface area contributed by atoms with Crippen LogP contribution in [0.4, 0.5) is 5.69 Å². The van der Waals surface area contributed by atoms with E-state index in [9.17, 15) is 8.42 Å². The van der Waals surface area contributed by atoms with Gasteiger partial charge in [-0.3, -0.25) is 4.31 Å². The quantitative estimate of drug-likeness (QED) is 0.844. The number of aryl methyl sites for hydroxylation is 3. The van der Waals surface area contributed by atoms with Crippen molar-refractivity contribution in [2.24, 2.45) is 0 Å². The lowest BCUT2D eigenvalue weighted by Crippen LogP contribution is -2.42. The Morgan fingerprint density at radius 3 is 2.55 bits per heavy atom. The minimum Gasteiger partial charge on any atom is -0.263 e. The number of hydrogen-bond acceptors (Lipinski definition) is 2. The fourth-order valence-electron chi connectivity index (χ4n) is 3.22. The van der Waals surface area contributed by atoms with E-state index in [1.54, 1.807) is 10.4 Å². The highest BCUT2D eigenvalue weighted by Gasteiger charge is 2.34. The van der Waals surface area contributed by atoms with Crippen molar-refractivity contribution in [2.75, 3.05) is 4.31 Å². The third-order valence-corrected chi connectivity index (χ3v) is 6.42. The molecule has 2 aromatic rings. The van der Waals surface area contributed by atoms with Crippen LogP contribution in [0.2, 0.25) is 0 Å². The number of nitrogens with zero attached hydrogens (tertiary/aromatic N) is 1. The van der Waals surface area contributed by atoms with Gasteiger partial charge in [0.1, 0.15) is 0 Å². The predicted octanol–water partition coefficient (Wildman–Crippen LogP) is 3.83. The maximum Gasteiger partial charge on any atom is 0.264 e. The van der Waals surface area contributed by atoms with Crippen molar-refractivity contribution in [1.29, 1.82) is 0 Å². The zero-order valence-corrected chi connectivity index (χ0v) is 14.0. The third-order valence-electron chi connectivity index (χ3n) is 4.33. The monoisotopic (exact) mass is 315 g/mol. The van der Waals surface area contributed by atoms with Crippen molar-refractivity contribution in [3.05, 3.63) is 59.2 Å². The van der Waals surface area contributed by atoms with Gasteiger partial charge in [0.25, 0.3) is 10.0 Å². The first-order valence-electron chi connectivity index (χ1n) is 7.61. The second-order valence-corrected chi connectivity index (χ2v) is 7.87. The minimum absolute atomic E-state index is 0.0272. The van der Waals surface area contributed by atoms with Gasteiger partial charge in [-0.1, -0.05) is 35.9 Å². The number of para-hydroxylation sites is 1. The van der Waals surface area contributed by atoms with Crippen LogP contribution in [0.5, 0.6) is 0 Å². The van der Waals surface area contributed by atoms with Crippen LogP contribution in [0.25, 0.3) is 0 Å². The van der Waals surface area contributed by atoms with Crippen molar-refractivity contribution in [1.82, 2.24) is 0 Å². The van der Waals surface area contributed by atoms with E-state index >= 15 is 0 Å². The summed E-state index contributed by atoms with van der Waals surface area (Å²) in [6.07, 6.45) is 1.78. The van der Waals surface area contributed by atoms with E-state index < -0.39 is 10.0 Å². The normalized spacial score (nSPS) is 18.1. The van der Waals surface area contributed by atoms with Crippen LogP contribution in [0.1, 0.15) is 30.0 Å². The molecule has 0 saturated heterocycles.